The summed E-state index contributed by atoms with van der Waals surface area (Å²) in [5, 5.41) is 8.34. The first-order valence-electron chi connectivity index (χ1n) is 2.83. The molecule has 0 aliphatic carbocycles. The summed E-state index contributed by atoms with van der Waals surface area (Å²) in [6.45, 7) is 1.77. The van der Waals surface area contributed by atoms with Crippen molar-refractivity contribution in [2.75, 3.05) is 0 Å². The smallest absolute Gasteiger partial charge is 0.199 e. The summed E-state index contributed by atoms with van der Waals surface area (Å²) in [5.41, 5.74) is 0.702. The number of rotatable bonds is 0. The van der Waals surface area contributed by atoms with Gasteiger partial charge in [-0.15, -0.1) is 0 Å². The maximum atomic E-state index is 10.8. The molecule has 1 aromatic rings. The van der Waals surface area contributed by atoms with Gasteiger partial charge in [0.05, 0.1) is 0 Å². The van der Waals surface area contributed by atoms with Crippen LogP contribution >= 0.6 is 0 Å². The first-order chi connectivity index (χ1) is 4.74. The molecule has 0 atom stereocenters. The molecule has 0 aliphatic heterocycles. The molecular weight excluding hydrogens is 128 g/mol. The summed E-state index contributed by atoms with van der Waals surface area (Å²) in [6, 6.07) is 3.18. The van der Waals surface area contributed by atoms with Gasteiger partial charge < -0.3 is 4.98 Å². The molecule has 1 aromatic heterocycles. The second kappa shape index (κ2) is 2.36. The van der Waals surface area contributed by atoms with Crippen LogP contribution in [0, 0.1) is 18.3 Å². The molecule has 0 aromatic carbocycles. The van der Waals surface area contributed by atoms with Gasteiger partial charge in [0.15, 0.2) is 5.43 Å². The van der Waals surface area contributed by atoms with Crippen molar-refractivity contribution < 1.29 is 0 Å². The van der Waals surface area contributed by atoms with Crippen molar-refractivity contribution in [2.45, 2.75) is 6.92 Å². The van der Waals surface area contributed by atoms with E-state index in [0.717, 1.165) is 5.69 Å². The van der Waals surface area contributed by atoms with Crippen molar-refractivity contribution in [2.24, 2.45) is 0 Å². The molecule has 10 heavy (non-hydrogen) atoms. The Labute approximate surface area is 57.9 Å². The molecule has 0 unspecified atom stereocenters. The third-order valence-electron chi connectivity index (χ3n) is 1.18. The molecule has 1 N–H and O–H groups in total. The molecule has 0 amide bonds. The van der Waals surface area contributed by atoms with E-state index in [9.17, 15) is 4.79 Å². The number of hydrogen-bond donors (Lipinski definition) is 1. The lowest BCUT2D eigenvalue weighted by molar-refractivity contribution is 1.17. The Hall–Kier alpha value is -1.56. The monoisotopic (exact) mass is 134 g/mol. The average Bonchev–Trinajstić information content (AvgIpc) is 1.88. The zero-order chi connectivity index (χ0) is 7.56. The van der Waals surface area contributed by atoms with Crippen LogP contribution in [0.5, 0.6) is 0 Å². The summed E-state index contributed by atoms with van der Waals surface area (Å²) in [4.78, 5) is 13.6. The molecule has 0 saturated heterocycles. The first-order valence-corrected chi connectivity index (χ1v) is 2.83. The first kappa shape index (κ1) is 6.56. The van der Waals surface area contributed by atoms with Crippen LogP contribution < -0.4 is 5.43 Å². The molecule has 0 bridgehead atoms. The minimum absolute atomic E-state index is 0.158. The molecule has 0 spiro atoms. The van der Waals surface area contributed by atoms with Crippen molar-refractivity contribution in [3.63, 3.8) is 0 Å². The second-order valence-electron chi connectivity index (χ2n) is 2.01. The highest BCUT2D eigenvalue weighted by Crippen LogP contribution is 1.87. The van der Waals surface area contributed by atoms with Crippen molar-refractivity contribution in [3.05, 3.63) is 33.7 Å². The highest BCUT2D eigenvalue weighted by molar-refractivity contribution is 5.26. The van der Waals surface area contributed by atoms with Crippen LogP contribution in [-0.4, -0.2) is 4.98 Å². The average molecular weight is 134 g/mol. The van der Waals surface area contributed by atoms with Gasteiger partial charge in [0.1, 0.15) is 11.6 Å². The predicted octanol–water partition coefficient (Wildman–Crippen LogP) is 0.555. The predicted molar refractivity (Wildman–Crippen MR) is 36.5 cm³/mol. The van der Waals surface area contributed by atoms with Gasteiger partial charge in [-0.25, -0.2) is 0 Å². The Morgan fingerprint density at radius 1 is 1.70 bits per heavy atom. The lowest BCUT2D eigenvalue weighted by Crippen LogP contribution is -2.05. The molecular formula is C7H6N2O. The second-order valence-corrected chi connectivity index (χ2v) is 2.01. The summed E-state index contributed by atoms with van der Waals surface area (Å²) >= 11 is 0. The highest BCUT2D eigenvalue weighted by atomic mass is 16.1. The van der Waals surface area contributed by atoms with E-state index in [2.05, 4.69) is 4.98 Å². The third kappa shape index (κ3) is 1.06. The molecule has 0 radical (unpaired) electrons. The van der Waals surface area contributed by atoms with Crippen molar-refractivity contribution >= 4 is 0 Å². The fourth-order valence-corrected chi connectivity index (χ4v) is 0.661. The summed E-state index contributed by atoms with van der Waals surface area (Å²) in [6.07, 6.45) is 1.41. The van der Waals surface area contributed by atoms with Gasteiger partial charge in [0, 0.05) is 18.0 Å². The molecule has 50 valence electrons. The van der Waals surface area contributed by atoms with Crippen molar-refractivity contribution in [1.82, 2.24) is 4.98 Å². The Kier molecular flexibility index (Phi) is 1.55. The third-order valence-corrected chi connectivity index (χ3v) is 1.18. The summed E-state index contributed by atoms with van der Waals surface area (Å²) < 4.78 is 0. The van der Waals surface area contributed by atoms with Crippen LogP contribution in [0.3, 0.4) is 0 Å². The summed E-state index contributed by atoms with van der Waals surface area (Å²) in [7, 11) is 0. The Bertz CT molecular complexity index is 332. The van der Waals surface area contributed by atoms with Crippen LogP contribution in [-0.2, 0) is 0 Å². The molecule has 0 saturated carbocycles. The number of nitriles is 1. The number of aromatic nitrogens is 1. The van der Waals surface area contributed by atoms with E-state index in [-0.39, 0.29) is 11.0 Å². The van der Waals surface area contributed by atoms with Crippen LogP contribution in [0.25, 0.3) is 0 Å². The molecule has 3 nitrogen and oxygen atoms in total. The lowest BCUT2D eigenvalue weighted by Gasteiger charge is -1.89. The number of nitrogens with one attached hydrogen (secondary N) is 1. The van der Waals surface area contributed by atoms with E-state index in [1.54, 1.807) is 13.0 Å². The van der Waals surface area contributed by atoms with Crippen molar-refractivity contribution in [3.8, 4) is 6.07 Å². The number of H-pyrrole nitrogens is 1. The minimum Gasteiger partial charge on any atom is -0.364 e. The number of aromatic amines is 1. The number of pyridine rings is 1. The maximum absolute atomic E-state index is 10.8. The Morgan fingerprint density at radius 3 is 2.90 bits per heavy atom. The van der Waals surface area contributed by atoms with Crippen LogP contribution in [0.2, 0.25) is 0 Å². The number of hydrogen-bond acceptors (Lipinski definition) is 2. The van der Waals surface area contributed by atoms with Crippen molar-refractivity contribution in [1.29, 1.82) is 5.26 Å². The lowest BCUT2D eigenvalue weighted by atomic mass is 10.3. The van der Waals surface area contributed by atoms with Gasteiger partial charge in [0.25, 0.3) is 0 Å². The van der Waals surface area contributed by atoms with E-state index < -0.39 is 0 Å². The Balaban J connectivity index is 3.38. The standard InChI is InChI=1S/C7H6N2O/c1-5-2-7(10)6(3-8)4-9-5/h2,4H,1H3,(H,9,10). The quantitative estimate of drug-likeness (QED) is 0.563. The van der Waals surface area contributed by atoms with E-state index in [1.807, 2.05) is 0 Å². The molecule has 3 heteroatoms. The van der Waals surface area contributed by atoms with E-state index in [4.69, 9.17) is 5.26 Å². The van der Waals surface area contributed by atoms with E-state index in [0.29, 0.717) is 0 Å². The van der Waals surface area contributed by atoms with Gasteiger partial charge in [0.2, 0.25) is 0 Å². The number of aryl methyl sites for hydroxylation is 1. The van der Waals surface area contributed by atoms with E-state index in [1.165, 1.54) is 12.3 Å². The number of nitrogens with zero attached hydrogens (tertiary/aromatic N) is 1. The minimum atomic E-state index is -0.223. The van der Waals surface area contributed by atoms with Crippen LogP contribution in [0.1, 0.15) is 11.3 Å². The SMILES string of the molecule is Cc1cc(=O)c(C#N)c[nH]1. The topological polar surface area (TPSA) is 56.6 Å². The normalized spacial score (nSPS) is 8.80. The highest BCUT2D eigenvalue weighted by Gasteiger charge is 1.94. The fraction of sp³-hybridized carbons (Fsp3) is 0.143. The van der Waals surface area contributed by atoms with Crippen LogP contribution in [0.15, 0.2) is 17.1 Å². The molecule has 0 fully saturated rings. The summed E-state index contributed by atoms with van der Waals surface area (Å²) in [5.74, 6) is 0. The molecule has 1 heterocycles. The van der Waals surface area contributed by atoms with Gasteiger partial charge in [-0.3, -0.25) is 4.79 Å². The zero-order valence-corrected chi connectivity index (χ0v) is 5.51. The van der Waals surface area contributed by atoms with Gasteiger partial charge in [-0.1, -0.05) is 0 Å². The van der Waals surface area contributed by atoms with E-state index >= 15 is 0 Å². The molecule has 1 rings (SSSR count). The largest absolute Gasteiger partial charge is 0.364 e. The van der Waals surface area contributed by atoms with Gasteiger partial charge in [-0.2, -0.15) is 5.26 Å². The maximum Gasteiger partial charge on any atom is 0.199 e. The van der Waals surface area contributed by atoms with Gasteiger partial charge in [-0.05, 0) is 6.92 Å². The zero-order valence-electron chi connectivity index (χ0n) is 5.51. The fourth-order valence-electron chi connectivity index (χ4n) is 0.661. The molecule has 0 aliphatic rings. The van der Waals surface area contributed by atoms with Crippen LogP contribution in [0.4, 0.5) is 0 Å². The van der Waals surface area contributed by atoms with Gasteiger partial charge >= 0.3 is 0 Å². The Morgan fingerprint density at radius 2 is 2.40 bits per heavy atom.